The number of benzene rings is 1. The van der Waals surface area contributed by atoms with Crippen LogP contribution in [0.5, 0.6) is 0 Å². The standard InChI is InChI=1S/C21H23N5O3S.3CO.Re/c22-30(28,29)20-9-7-17(8-10-20)25-21(27)11-14-26(15-18-5-1-3-12-23-18)16-19-6-2-4-13-24-19;3*1-2;/h1-10,12-13H,11,14-16H2,(H,25,27)(H2,22,28,29);;;;/q;3*-1;. The van der Waals surface area contributed by atoms with Crippen molar-refractivity contribution in [1.82, 2.24) is 14.9 Å². The second-order valence-corrected chi connectivity index (χ2v) is 8.28. The van der Waals surface area contributed by atoms with Crippen molar-refractivity contribution in [2.24, 2.45) is 5.14 Å². The molecule has 0 saturated carbocycles. The molecule has 3 N–H and O–H groups in total. The zero-order chi connectivity index (χ0) is 27.4. The number of rotatable bonds is 9. The maximum Gasteiger partial charge on any atom is 0.238 e. The van der Waals surface area contributed by atoms with Gasteiger partial charge in [0.15, 0.2) is 0 Å². The van der Waals surface area contributed by atoms with Gasteiger partial charge >= 0.3 is 0 Å². The number of aromatic nitrogens is 2. The molecule has 0 saturated heterocycles. The van der Waals surface area contributed by atoms with E-state index in [2.05, 4.69) is 40.6 Å². The number of carbonyl (C=O) groups is 1. The van der Waals surface area contributed by atoms with Crippen LogP contribution >= 0.6 is 0 Å². The molecule has 13 heteroatoms. The average molecular weight is 696 g/mol. The molecule has 2 aromatic heterocycles. The maximum atomic E-state index is 12.4. The fraction of sp³-hybridized carbons (Fsp3) is 0.167. The summed E-state index contributed by atoms with van der Waals surface area (Å²) in [6.45, 7) is 15.2. The van der Waals surface area contributed by atoms with E-state index >= 15 is 0 Å². The number of nitrogens with one attached hydrogen (secondary N) is 1. The van der Waals surface area contributed by atoms with Crippen LogP contribution in [0.25, 0.3) is 0 Å². The second kappa shape index (κ2) is 20.7. The first kappa shape index (κ1) is 35.7. The molecule has 4 radical (unpaired) electrons. The molecule has 0 bridgehead atoms. The van der Waals surface area contributed by atoms with Crippen LogP contribution in [0.4, 0.5) is 5.69 Å². The Morgan fingerprint density at radius 3 is 1.65 bits per heavy atom. The van der Waals surface area contributed by atoms with Gasteiger partial charge in [-0.1, -0.05) is 12.1 Å². The van der Waals surface area contributed by atoms with Gasteiger partial charge in [-0.2, -0.15) is 0 Å². The van der Waals surface area contributed by atoms with Gasteiger partial charge in [-0.15, -0.1) is 0 Å². The van der Waals surface area contributed by atoms with Crippen molar-refractivity contribution in [1.29, 1.82) is 0 Å². The van der Waals surface area contributed by atoms with Gasteiger partial charge in [0.05, 0.1) is 16.3 Å². The number of anilines is 1. The van der Waals surface area contributed by atoms with E-state index in [1.54, 1.807) is 12.4 Å². The van der Waals surface area contributed by atoms with Gasteiger partial charge in [-0.3, -0.25) is 19.7 Å². The largest absolute Gasteiger partial charge is 0.573 e. The normalized spacial score (nSPS) is 9.57. The van der Waals surface area contributed by atoms with E-state index in [1.165, 1.54) is 24.3 Å². The van der Waals surface area contributed by atoms with Crippen molar-refractivity contribution in [3.05, 3.63) is 84.4 Å². The van der Waals surface area contributed by atoms with Crippen molar-refractivity contribution in [2.45, 2.75) is 24.4 Å². The van der Waals surface area contributed by atoms with Crippen molar-refractivity contribution in [3.8, 4) is 0 Å². The van der Waals surface area contributed by atoms with Crippen LogP contribution in [0.15, 0.2) is 78.0 Å². The van der Waals surface area contributed by atoms with Crippen LogP contribution in [0.3, 0.4) is 0 Å². The fourth-order valence-corrected chi connectivity index (χ4v) is 3.38. The van der Waals surface area contributed by atoms with Crippen LogP contribution in [-0.2, 0) is 62.7 Å². The van der Waals surface area contributed by atoms with Crippen LogP contribution in [0.1, 0.15) is 17.8 Å². The van der Waals surface area contributed by atoms with Gasteiger partial charge < -0.3 is 40.1 Å². The molecule has 0 aliphatic heterocycles. The van der Waals surface area contributed by atoms with Gasteiger partial charge in [-0.25, -0.2) is 13.6 Å². The Kier molecular flexibility index (Phi) is 20.0. The summed E-state index contributed by atoms with van der Waals surface area (Å²) in [5.41, 5.74) is 2.33. The predicted molar refractivity (Wildman–Crippen MR) is 131 cm³/mol. The molecule has 3 aromatic rings. The Morgan fingerprint density at radius 1 is 0.811 bits per heavy atom. The van der Waals surface area contributed by atoms with Crippen LogP contribution in [0, 0.1) is 0 Å². The van der Waals surface area contributed by atoms with Gasteiger partial charge in [0.2, 0.25) is 15.9 Å². The van der Waals surface area contributed by atoms with Gasteiger partial charge in [-0.05, 0) is 48.5 Å². The van der Waals surface area contributed by atoms with E-state index in [4.69, 9.17) is 19.5 Å². The minimum Gasteiger partial charge on any atom is -0.573 e. The third-order valence-electron chi connectivity index (χ3n) is 4.35. The molecule has 0 spiro atoms. The van der Waals surface area contributed by atoms with E-state index in [0.29, 0.717) is 25.3 Å². The van der Waals surface area contributed by atoms with E-state index in [-0.39, 0.29) is 37.6 Å². The summed E-state index contributed by atoms with van der Waals surface area (Å²) in [6.07, 6.45) is 3.75. The summed E-state index contributed by atoms with van der Waals surface area (Å²) < 4.78 is 22.6. The van der Waals surface area contributed by atoms with Gasteiger partial charge in [0.25, 0.3) is 0 Å². The summed E-state index contributed by atoms with van der Waals surface area (Å²) in [4.78, 5) is 45.7. The molecule has 196 valence electrons. The number of hydrogen-bond acceptors (Lipinski definition) is 9. The van der Waals surface area contributed by atoms with E-state index in [0.717, 1.165) is 11.4 Å². The molecule has 1 aromatic carbocycles. The predicted octanol–water partition coefficient (Wildman–Crippen LogP) is 0.961. The third-order valence-corrected chi connectivity index (χ3v) is 5.27. The molecule has 3 rings (SSSR count). The second-order valence-electron chi connectivity index (χ2n) is 6.72. The number of carbonyl (C=O) groups excluding carboxylic acids is 4. The third kappa shape index (κ3) is 14.6. The topological polar surface area (TPSA) is 169 Å². The molecule has 0 atom stereocenters. The number of pyridine rings is 2. The van der Waals surface area contributed by atoms with Crippen molar-refractivity contribution in [2.75, 3.05) is 11.9 Å². The minimum absolute atomic E-state index is 0. The maximum absolute atomic E-state index is 12.4. The van der Waals surface area contributed by atoms with E-state index in [1.807, 2.05) is 36.4 Å². The van der Waals surface area contributed by atoms with Gasteiger partial charge in [0, 0.05) is 64.6 Å². The van der Waals surface area contributed by atoms with E-state index < -0.39 is 10.0 Å². The number of primary sulfonamides is 1. The Balaban J connectivity index is 0. The van der Waals surface area contributed by atoms with Gasteiger partial charge in [0.1, 0.15) is 0 Å². The molecule has 0 fully saturated rings. The first-order valence-electron chi connectivity index (χ1n) is 9.96. The van der Waals surface area contributed by atoms with Crippen LogP contribution in [0.2, 0.25) is 0 Å². The fourth-order valence-electron chi connectivity index (χ4n) is 2.87. The summed E-state index contributed by atoms with van der Waals surface area (Å²) in [6, 6.07) is 17.2. The van der Waals surface area contributed by atoms with E-state index in [9.17, 15) is 13.2 Å². The zero-order valence-electron chi connectivity index (χ0n) is 19.4. The summed E-state index contributed by atoms with van der Waals surface area (Å²) in [5, 5.41) is 7.86. The summed E-state index contributed by atoms with van der Waals surface area (Å²) in [5.74, 6) is -0.176. The molecule has 37 heavy (non-hydrogen) atoms. The molecule has 0 aliphatic rings. The number of amides is 1. The summed E-state index contributed by atoms with van der Waals surface area (Å²) in [7, 11) is -3.76. The monoisotopic (exact) mass is 696 g/mol. The number of sulfonamides is 1. The number of nitrogens with zero attached hydrogens (tertiary/aromatic N) is 3. The SMILES string of the molecule is NS(=O)(=O)c1ccc(NC(=O)CCN(Cc2ccccn2)Cc2ccccn2)cc1.[C-]=O.[C-]=O.[C-]=O.[Re]. The molecule has 2 heterocycles. The van der Waals surface area contributed by atoms with Crippen molar-refractivity contribution < 1.29 is 48.0 Å². The molecular weight excluding hydrogens is 673 g/mol. The Labute approximate surface area is 230 Å². The molecule has 0 aliphatic carbocycles. The first-order chi connectivity index (χ1) is 17.4. The quantitative estimate of drug-likeness (QED) is 0.310. The van der Waals surface area contributed by atoms with Crippen molar-refractivity contribution >= 4 is 42.0 Å². The number of nitrogens with two attached hydrogens (primary N) is 1. The molecule has 11 nitrogen and oxygen atoms in total. The Bertz CT molecular complexity index is 1080. The van der Waals surface area contributed by atoms with Crippen LogP contribution in [-0.4, -0.2) is 56.1 Å². The average Bonchev–Trinajstić information content (AvgIpc) is 2.92. The Morgan fingerprint density at radius 2 is 1.27 bits per heavy atom. The molecular formula is C24H23N5O6ReS-3. The first-order valence-corrected chi connectivity index (χ1v) is 11.5. The molecule has 0 unspecified atom stereocenters. The van der Waals surface area contributed by atoms with Crippen molar-refractivity contribution in [3.63, 3.8) is 0 Å². The van der Waals surface area contributed by atoms with Crippen LogP contribution < -0.4 is 10.5 Å². The summed E-state index contributed by atoms with van der Waals surface area (Å²) >= 11 is 0. The smallest absolute Gasteiger partial charge is 0.238 e. The Hall–Kier alpha value is -3.47. The zero-order valence-corrected chi connectivity index (χ0v) is 22.9. The number of hydrogen-bond donors (Lipinski definition) is 2. The minimum atomic E-state index is -3.76. The molecule has 1 amide bonds.